The van der Waals surface area contributed by atoms with Gasteiger partial charge in [-0.1, -0.05) is 48.5 Å². The number of rotatable bonds is 14. The van der Waals surface area contributed by atoms with E-state index in [1.165, 1.54) is 36.4 Å². The lowest BCUT2D eigenvalue weighted by Gasteiger charge is -2.23. The van der Waals surface area contributed by atoms with Gasteiger partial charge in [-0.05, 0) is 143 Å². The third-order valence-electron chi connectivity index (χ3n) is 11.6. The van der Waals surface area contributed by atoms with E-state index in [-0.39, 0.29) is 32.9 Å². The first-order valence-electron chi connectivity index (χ1n) is 20.9. The van der Waals surface area contributed by atoms with Crippen molar-refractivity contribution in [2.45, 2.75) is 46.5 Å². The van der Waals surface area contributed by atoms with Gasteiger partial charge in [-0.25, -0.2) is 0 Å². The largest absolute Gasteiger partial charge is 0.370 e. The van der Waals surface area contributed by atoms with Gasteiger partial charge in [0.2, 0.25) is 0 Å². The molecular formula is C48H42N6O12S4. The summed E-state index contributed by atoms with van der Waals surface area (Å²) in [5, 5.41) is 19.7. The molecule has 0 atom stereocenters. The molecule has 0 fully saturated rings. The molecule has 0 heterocycles. The molecule has 0 aliphatic rings. The Hall–Kier alpha value is -7.02. The minimum Gasteiger partial charge on any atom is -0.370 e. The SMILES string of the molecule is Cc1cc(N(C)Cc2cccc3c(CN(C)c4ccc(N=Nc5ccc6cc(S(=O)(=O)O)cc(S(=O)(=O)O)c6c5)c(C)c4)cccc23)ccc1N=Nc1ccc2cc(S(=O)(=O)O)cc(S(=O)(=O)O)c2c1. The van der Waals surface area contributed by atoms with Crippen molar-refractivity contribution in [2.24, 2.45) is 20.5 Å². The van der Waals surface area contributed by atoms with E-state index < -0.39 is 60.1 Å². The molecular weight excluding hydrogens is 981 g/mol. The summed E-state index contributed by atoms with van der Waals surface area (Å²) in [5.41, 5.74) is 7.22. The maximum Gasteiger partial charge on any atom is 0.295 e. The topological polar surface area (TPSA) is 273 Å². The summed E-state index contributed by atoms with van der Waals surface area (Å²) in [4.78, 5) is 1.45. The Labute approximate surface area is 403 Å². The van der Waals surface area contributed by atoms with Gasteiger partial charge in [0.15, 0.2) is 0 Å². The molecule has 360 valence electrons. The molecule has 0 radical (unpaired) electrons. The van der Waals surface area contributed by atoms with Crippen LogP contribution in [0.4, 0.5) is 34.1 Å². The third kappa shape index (κ3) is 10.7. The van der Waals surface area contributed by atoms with Crippen molar-refractivity contribution in [2.75, 3.05) is 23.9 Å². The highest BCUT2D eigenvalue weighted by atomic mass is 32.2. The molecule has 0 spiro atoms. The molecule has 0 aliphatic carbocycles. The second-order valence-corrected chi connectivity index (χ2v) is 22.2. The van der Waals surface area contributed by atoms with Crippen LogP contribution in [-0.2, 0) is 53.6 Å². The zero-order chi connectivity index (χ0) is 50.5. The first-order chi connectivity index (χ1) is 32.8. The molecule has 4 N–H and O–H groups in total. The molecule has 8 aromatic rings. The molecule has 22 heteroatoms. The lowest BCUT2D eigenvalue weighted by Crippen LogP contribution is -2.18. The van der Waals surface area contributed by atoms with Crippen LogP contribution in [0.1, 0.15) is 22.3 Å². The Kier molecular flexibility index (Phi) is 13.2. The van der Waals surface area contributed by atoms with Gasteiger partial charge in [0.1, 0.15) is 9.79 Å². The second-order valence-electron chi connectivity index (χ2n) is 16.5. The van der Waals surface area contributed by atoms with Crippen LogP contribution in [-0.4, -0.2) is 66.0 Å². The number of aryl methyl sites for hydroxylation is 2. The summed E-state index contributed by atoms with van der Waals surface area (Å²) in [6.07, 6.45) is 0. The van der Waals surface area contributed by atoms with Gasteiger partial charge in [0.25, 0.3) is 40.5 Å². The maximum atomic E-state index is 12.1. The Bertz CT molecular complexity index is 3720. The van der Waals surface area contributed by atoms with Crippen molar-refractivity contribution in [3.63, 3.8) is 0 Å². The van der Waals surface area contributed by atoms with Gasteiger partial charge in [-0.3, -0.25) is 18.2 Å². The van der Waals surface area contributed by atoms with Gasteiger partial charge < -0.3 is 9.80 Å². The highest BCUT2D eigenvalue weighted by Crippen LogP contribution is 2.35. The van der Waals surface area contributed by atoms with E-state index in [4.69, 9.17) is 0 Å². The molecule has 0 unspecified atom stereocenters. The average Bonchev–Trinajstić information content (AvgIpc) is 3.28. The van der Waals surface area contributed by atoms with Crippen molar-refractivity contribution in [3.05, 3.63) is 156 Å². The summed E-state index contributed by atoms with van der Waals surface area (Å²) < 4.78 is 134. The fourth-order valence-electron chi connectivity index (χ4n) is 8.03. The molecule has 0 amide bonds. The molecule has 0 aromatic heterocycles. The summed E-state index contributed by atoms with van der Waals surface area (Å²) in [6, 6.07) is 35.8. The van der Waals surface area contributed by atoms with Crippen molar-refractivity contribution in [3.8, 4) is 0 Å². The molecule has 70 heavy (non-hydrogen) atoms. The monoisotopic (exact) mass is 1020 g/mol. The molecule has 8 aromatic carbocycles. The third-order valence-corrected chi connectivity index (χ3v) is 15.1. The number of nitrogens with zero attached hydrogens (tertiary/aromatic N) is 6. The summed E-state index contributed by atoms with van der Waals surface area (Å²) in [7, 11) is -15.3. The molecule has 0 saturated carbocycles. The Balaban J connectivity index is 0.960. The van der Waals surface area contributed by atoms with Gasteiger partial charge in [-0.2, -0.15) is 54.1 Å². The van der Waals surface area contributed by atoms with E-state index in [1.54, 1.807) is 0 Å². The van der Waals surface area contributed by atoms with Gasteiger partial charge >= 0.3 is 0 Å². The standard InChI is InChI=1S/C48H42N6O12S4/c1-29-19-37(15-17-45(29)51-49-35-13-11-31-21-39(67(55,56)57)25-47(43(31)23-35)69(61,62)63)53(3)27-33-7-5-10-42-34(8-6-9-41(33)42)28-54(4)38-16-18-46(30(2)20-38)52-50-36-14-12-32-22-40(68(58,59)60)26-48(44(32)24-36)70(64,65)66/h5-26H,27-28H2,1-4H3,(H,55,56,57)(H,58,59,60)(H,61,62,63)(H,64,65,66). The van der Waals surface area contributed by atoms with Crippen LogP contribution in [0.15, 0.2) is 173 Å². The predicted octanol–water partition coefficient (Wildman–Crippen LogP) is 10.9. The minimum atomic E-state index is -4.88. The predicted molar refractivity (Wildman–Crippen MR) is 266 cm³/mol. The van der Waals surface area contributed by atoms with Gasteiger partial charge in [-0.15, -0.1) is 0 Å². The van der Waals surface area contributed by atoms with Crippen LogP contribution >= 0.6 is 0 Å². The number of benzene rings is 8. The maximum absolute atomic E-state index is 12.1. The van der Waals surface area contributed by atoms with E-state index in [2.05, 4.69) is 54.5 Å². The lowest BCUT2D eigenvalue weighted by molar-refractivity contribution is 0.477. The fraction of sp³-hybridized carbons (Fsp3) is 0.125. The number of anilines is 2. The van der Waals surface area contributed by atoms with Crippen LogP contribution in [0.5, 0.6) is 0 Å². The molecule has 0 saturated heterocycles. The van der Waals surface area contributed by atoms with E-state index >= 15 is 0 Å². The molecule has 18 nitrogen and oxygen atoms in total. The first kappa shape index (κ1) is 49.4. The molecule has 8 rings (SSSR count). The zero-order valence-corrected chi connectivity index (χ0v) is 40.8. The van der Waals surface area contributed by atoms with Crippen molar-refractivity contribution in [1.29, 1.82) is 0 Å². The fourth-order valence-corrected chi connectivity index (χ4v) is 10.7. The van der Waals surface area contributed by atoms with Crippen LogP contribution < -0.4 is 9.80 Å². The minimum absolute atomic E-state index is 0.00720. The van der Waals surface area contributed by atoms with E-state index in [1.807, 2.05) is 76.5 Å². The highest BCUT2D eigenvalue weighted by molar-refractivity contribution is 7.87. The molecule has 0 bridgehead atoms. The van der Waals surface area contributed by atoms with E-state index in [9.17, 15) is 51.9 Å². The first-order valence-corrected chi connectivity index (χ1v) is 26.6. The Morgan fingerprint density at radius 2 is 0.800 bits per heavy atom. The molecule has 0 aliphatic heterocycles. The highest BCUT2D eigenvalue weighted by Gasteiger charge is 2.23. The van der Waals surface area contributed by atoms with Gasteiger partial charge in [0.05, 0.1) is 32.5 Å². The van der Waals surface area contributed by atoms with Crippen molar-refractivity contribution >= 4 is 107 Å². The quantitative estimate of drug-likeness (QED) is 0.0583. The number of hydrogen-bond donors (Lipinski definition) is 4. The number of fused-ring (bicyclic) bond motifs is 3. The second kappa shape index (κ2) is 18.7. The summed E-state index contributed by atoms with van der Waals surface area (Å²) in [6.45, 7) is 4.92. The summed E-state index contributed by atoms with van der Waals surface area (Å²) >= 11 is 0. The van der Waals surface area contributed by atoms with Crippen molar-refractivity contribution in [1.82, 2.24) is 0 Å². The average molecular weight is 1020 g/mol. The van der Waals surface area contributed by atoms with Crippen LogP contribution in [0.2, 0.25) is 0 Å². The Morgan fingerprint density at radius 3 is 1.14 bits per heavy atom. The van der Waals surface area contributed by atoms with Gasteiger partial charge in [0, 0.05) is 49.3 Å². The Morgan fingerprint density at radius 1 is 0.414 bits per heavy atom. The van der Waals surface area contributed by atoms with E-state index in [0.29, 0.717) is 36.6 Å². The smallest absolute Gasteiger partial charge is 0.295 e. The summed E-state index contributed by atoms with van der Waals surface area (Å²) in [5.74, 6) is 0. The van der Waals surface area contributed by atoms with Crippen molar-refractivity contribution < 1.29 is 51.9 Å². The number of hydrogen-bond acceptors (Lipinski definition) is 14. The lowest BCUT2D eigenvalue weighted by atomic mass is 9.99. The zero-order valence-electron chi connectivity index (χ0n) is 37.5. The van der Waals surface area contributed by atoms with Crippen LogP contribution in [0, 0.1) is 13.8 Å². The van der Waals surface area contributed by atoms with Crippen LogP contribution in [0.25, 0.3) is 32.3 Å². The van der Waals surface area contributed by atoms with E-state index in [0.717, 1.165) is 56.5 Å². The normalized spacial score (nSPS) is 12.7. The van der Waals surface area contributed by atoms with Crippen LogP contribution in [0.3, 0.4) is 0 Å². The number of azo groups is 2.